The van der Waals surface area contributed by atoms with Crippen molar-refractivity contribution < 1.29 is 13.7 Å². The molecule has 3 N–H and O–H groups in total. The Labute approximate surface area is 183 Å². The third-order valence-electron chi connectivity index (χ3n) is 4.16. The van der Waals surface area contributed by atoms with Gasteiger partial charge in [0.1, 0.15) is 10.7 Å². The number of hydrogen-bond donors (Lipinski definition) is 2. The van der Waals surface area contributed by atoms with Gasteiger partial charge in [-0.1, -0.05) is 40.6 Å². The number of nitrogen functional groups attached to an aromatic ring is 1. The lowest BCUT2D eigenvalue weighted by atomic mass is 10.1. The first-order valence-electron chi connectivity index (χ1n) is 8.54. The maximum Gasteiger partial charge on any atom is 0.209 e. The molecule has 1 aliphatic heterocycles. The highest BCUT2D eigenvalue weighted by Crippen LogP contribution is 2.34. The molecule has 0 aliphatic carbocycles. The second-order valence-corrected chi connectivity index (χ2v) is 9.59. The first kappa shape index (κ1) is 20.3. The van der Waals surface area contributed by atoms with Crippen LogP contribution in [-0.2, 0) is 15.5 Å². The van der Waals surface area contributed by atoms with Crippen LogP contribution in [0.25, 0.3) is 0 Å². The van der Waals surface area contributed by atoms with Gasteiger partial charge >= 0.3 is 0 Å². The molecule has 0 bridgehead atoms. The summed E-state index contributed by atoms with van der Waals surface area (Å²) >= 11 is 13.4. The van der Waals surface area contributed by atoms with E-state index in [0.29, 0.717) is 17.5 Å². The van der Waals surface area contributed by atoms with E-state index in [1.54, 1.807) is 42.5 Å². The van der Waals surface area contributed by atoms with Crippen molar-refractivity contribution in [2.24, 2.45) is 0 Å². The largest absolute Gasteiger partial charge is 0.382 e. The quantitative estimate of drug-likeness (QED) is 0.391. The molecule has 2 heterocycles. The molecule has 1 aliphatic rings. The van der Waals surface area contributed by atoms with Gasteiger partial charge in [0, 0.05) is 10.6 Å². The van der Waals surface area contributed by atoms with Gasteiger partial charge in [-0.3, -0.25) is 9.00 Å². The van der Waals surface area contributed by atoms with Crippen molar-refractivity contribution in [1.82, 2.24) is 4.98 Å². The highest BCUT2D eigenvalue weighted by Gasteiger charge is 2.25. The summed E-state index contributed by atoms with van der Waals surface area (Å²) in [5.41, 5.74) is 6.88. The Morgan fingerprint density at radius 1 is 1.24 bits per heavy atom. The summed E-state index contributed by atoms with van der Waals surface area (Å²) in [4.78, 5) is 18.0. The number of carbonyl (C=O) groups is 1. The van der Waals surface area contributed by atoms with Crippen LogP contribution in [0.5, 0.6) is 0 Å². The molecule has 0 radical (unpaired) electrons. The summed E-state index contributed by atoms with van der Waals surface area (Å²) < 4.78 is 17.3. The number of nitrogens with zero attached hydrogens (tertiary/aromatic N) is 1. The SMILES string of the molecule is Nc1nc(Nc2ccc(S(=O)CC3CO3)cc2)sc1C(=O)c1c(Cl)cccc1Cl. The first-order valence-corrected chi connectivity index (χ1v) is 11.4. The Balaban J connectivity index is 1.51. The van der Waals surface area contributed by atoms with Crippen LogP contribution in [0.3, 0.4) is 0 Å². The molecule has 4 rings (SSSR count). The monoisotopic (exact) mass is 467 g/mol. The van der Waals surface area contributed by atoms with E-state index in [4.69, 9.17) is 33.7 Å². The summed E-state index contributed by atoms with van der Waals surface area (Å²) in [6.45, 7) is 0.678. The van der Waals surface area contributed by atoms with Crippen LogP contribution < -0.4 is 11.1 Å². The Bertz CT molecular complexity index is 1080. The van der Waals surface area contributed by atoms with Gasteiger partial charge in [0.2, 0.25) is 5.78 Å². The topological polar surface area (TPSA) is 97.6 Å². The lowest BCUT2D eigenvalue weighted by Gasteiger charge is -2.05. The molecule has 3 aromatic rings. The van der Waals surface area contributed by atoms with Crippen molar-refractivity contribution in [3.63, 3.8) is 0 Å². The molecule has 10 heteroatoms. The average molecular weight is 468 g/mol. The molecule has 0 spiro atoms. The predicted molar refractivity (Wildman–Crippen MR) is 117 cm³/mol. The third kappa shape index (κ3) is 4.62. The lowest BCUT2D eigenvalue weighted by Crippen LogP contribution is -2.04. The molecule has 1 aromatic heterocycles. The highest BCUT2D eigenvalue weighted by atomic mass is 35.5. The van der Waals surface area contributed by atoms with Gasteiger partial charge in [0.05, 0.1) is 44.9 Å². The number of epoxide rings is 1. The zero-order chi connectivity index (χ0) is 20.5. The number of benzene rings is 2. The van der Waals surface area contributed by atoms with Gasteiger partial charge in [-0.05, 0) is 36.4 Å². The Hall–Kier alpha value is -1.97. The summed E-state index contributed by atoms with van der Waals surface area (Å²) in [7, 11) is -1.09. The Kier molecular flexibility index (Phi) is 5.89. The van der Waals surface area contributed by atoms with Crippen LogP contribution in [0, 0.1) is 0 Å². The fraction of sp³-hybridized carbons (Fsp3) is 0.158. The predicted octanol–water partition coefficient (Wildman–Crippen LogP) is 4.51. The van der Waals surface area contributed by atoms with Gasteiger partial charge < -0.3 is 15.8 Å². The van der Waals surface area contributed by atoms with E-state index in [2.05, 4.69) is 10.3 Å². The van der Waals surface area contributed by atoms with E-state index < -0.39 is 10.8 Å². The number of carbonyl (C=O) groups excluding carboxylic acids is 1. The second-order valence-electron chi connectivity index (χ2n) is 6.28. The Morgan fingerprint density at radius 3 is 2.52 bits per heavy atom. The van der Waals surface area contributed by atoms with Crippen LogP contribution in [0.15, 0.2) is 47.4 Å². The average Bonchev–Trinajstić information content (AvgIpc) is 3.42. The number of nitrogens with two attached hydrogens (primary N) is 1. The van der Waals surface area contributed by atoms with Crippen molar-refractivity contribution >= 4 is 67.8 Å². The van der Waals surface area contributed by atoms with Crippen molar-refractivity contribution in [3.8, 4) is 0 Å². The van der Waals surface area contributed by atoms with Crippen LogP contribution in [0.1, 0.15) is 15.2 Å². The molecule has 1 saturated heterocycles. The van der Waals surface area contributed by atoms with Gasteiger partial charge in [0.25, 0.3) is 0 Å². The van der Waals surface area contributed by atoms with Gasteiger partial charge in [-0.2, -0.15) is 0 Å². The molecule has 2 unspecified atom stereocenters. The minimum atomic E-state index is -1.09. The number of rotatable bonds is 7. The summed E-state index contributed by atoms with van der Waals surface area (Å²) in [5.74, 6) is 0.226. The van der Waals surface area contributed by atoms with Gasteiger partial charge in [-0.25, -0.2) is 4.98 Å². The van der Waals surface area contributed by atoms with E-state index >= 15 is 0 Å². The smallest absolute Gasteiger partial charge is 0.209 e. The number of anilines is 3. The fourth-order valence-corrected chi connectivity index (χ4v) is 5.20. The normalized spacial score (nSPS) is 16.4. The summed E-state index contributed by atoms with van der Waals surface area (Å²) in [6, 6.07) is 12.0. The van der Waals surface area contributed by atoms with Crippen LogP contribution >= 0.6 is 34.5 Å². The van der Waals surface area contributed by atoms with Crippen molar-refractivity contribution in [2.45, 2.75) is 11.0 Å². The molecule has 1 fully saturated rings. The Morgan fingerprint density at radius 2 is 1.90 bits per heavy atom. The van der Waals surface area contributed by atoms with Crippen molar-refractivity contribution in [3.05, 3.63) is 63.0 Å². The van der Waals surface area contributed by atoms with E-state index in [1.807, 2.05) is 0 Å². The second kappa shape index (κ2) is 8.41. The van der Waals surface area contributed by atoms with Crippen LogP contribution in [0.4, 0.5) is 16.6 Å². The maximum absolute atomic E-state index is 12.8. The summed E-state index contributed by atoms with van der Waals surface area (Å²) in [5, 5.41) is 4.07. The number of halogens is 2. The van der Waals surface area contributed by atoms with Crippen LogP contribution in [0.2, 0.25) is 10.0 Å². The number of ether oxygens (including phenoxy) is 1. The van der Waals surface area contributed by atoms with Gasteiger partial charge in [0.15, 0.2) is 5.13 Å². The van der Waals surface area contributed by atoms with Crippen molar-refractivity contribution in [1.29, 1.82) is 0 Å². The van der Waals surface area contributed by atoms with E-state index in [1.165, 1.54) is 0 Å². The molecular formula is C19H15Cl2N3O3S2. The molecule has 2 atom stereocenters. The van der Waals surface area contributed by atoms with E-state index in [0.717, 1.165) is 21.9 Å². The molecular weight excluding hydrogens is 453 g/mol. The number of nitrogens with one attached hydrogen (secondary N) is 1. The number of aromatic nitrogens is 1. The standard InChI is InChI=1S/C19H15Cl2N3O3S2/c20-13-2-1-3-14(21)15(13)16(25)17-18(22)24-19(28-17)23-10-4-6-12(7-5-10)29(26)9-11-8-27-11/h1-7,11H,8-9,22H2,(H,23,24). The maximum atomic E-state index is 12.8. The van der Waals surface area contributed by atoms with Crippen molar-refractivity contribution in [2.75, 3.05) is 23.4 Å². The molecule has 6 nitrogen and oxygen atoms in total. The molecule has 29 heavy (non-hydrogen) atoms. The third-order valence-corrected chi connectivity index (χ3v) is 7.25. The molecule has 2 aromatic carbocycles. The lowest BCUT2D eigenvalue weighted by molar-refractivity contribution is 0.104. The minimum Gasteiger partial charge on any atom is -0.382 e. The van der Waals surface area contributed by atoms with E-state index in [9.17, 15) is 9.00 Å². The minimum absolute atomic E-state index is 0.0978. The number of hydrogen-bond acceptors (Lipinski definition) is 7. The molecule has 0 saturated carbocycles. The number of ketones is 1. The van der Waals surface area contributed by atoms with E-state index in [-0.39, 0.29) is 38.2 Å². The zero-order valence-electron chi connectivity index (χ0n) is 14.9. The zero-order valence-corrected chi connectivity index (χ0v) is 18.0. The van der Waals surface area contributed by atoms with Gasteiger partial charge in [-0.15, -0.1) is 0 Å². The first-order chi connectivity index (χ1) is 13.9. The fourth-order valence-electron chi connectivity index (χ4n) is 2.62. The summed E-state index contributed by atoms with van der Waals surface area (Å²) in [6.07, 6.45) is 0.106. The number of thiazole rings is 1. The van der Waals surface area contributed by atoms with Crippen LogP contribution in [-0.4, -0.2) is 33.4 Å². The highest BCUT2D eigenvalue weighted by molar-refractivity contribution is 7.85. The molecule has 0 amide bonds. The molecule has 150 valence electrons.